The van der Waals surface area contributed by atoms with Gasteiger partial charge in [0, 0.05) is 11.1 Å². The Bertz CT molecular complexity index is 1110. The van der Waals surface area contributed by atoms with Crippen molar-refractivity contribution in [3.8, 4) is 5.75 Å². The number of carbonyl (C=O) groups is 1. The number of amidine groups is 1. The van der Waals surface area contributed by atoms with E-state index in [-0.39, 0.29) is 5.91 Å². The smallest absolute Gasteiger partial charge is 0.282 e. The van der Waals surface area contributed by atoms with E-state index in [2.05, 4.69) is 0 Å². The summed E-state index contributed by atoms with van der Waals surface area (Å²) in [6.07, 6.45) is 1.78. The van der Waals surface area contributed by atoms with Crippen molar-refractivity contribution in [3.05, 3.63) is 101 Å². The zero-order valence-electron chi connectivity index (χ0n) is 16.7. The zero-order chi connectivity index (χ0) is 20.4. The monoisotopic (exact) mass is 382 g/mol. The van der Waals surface area contributed by atoms with Gasteiger partial charge in [-0.3, -0.25) is 9.69 Å². The Hall–Kier alpha value is -3.66. The number of hydrogen-bond donors (Lipinski definition) is 0. The molecule has 3 aromatic rings. The minimum Gasteiger partial charge on any atom is -0.496 e. The van der Waals surface area contributed by atoms with Crippen LogP contribution in [0.2, 0.25) is 0 Å². The molecule has 0 fully saturated rings. The third-order valence-electron chi connectivity index (χ3n) is 4.89. The van der Waals surface area contributed by atoms with E-state index in [1.807, 2.05) is 86.6 Å². The van der Waals surface area contributed by atoms with Gasteiger partial charge in [-0.25, -0.2) is 4.99 Å². The van der Waals surface area contributed by atoms with Crippen LogP contribution < -0.4 is 9.64 Å². The Balaban J connectivity index is 1.83. The SMILES string of the molecule is COc1ccccc1/C=C1/N=C(c2ccc(C)cc2)N(c2ccc(C)cc2)C1=O. The molecule has 3 aromatic carbocycles. The summed E-state index contributed by atoms with van der Waals surface area (Å²) in [5.41, 5.74) is 5.18. The minimum absolute atomic E-state index is 0.157. The summed E-state index contributed by atoms with van der Waals surface area (Å²) in [6, 6.07) is 23.5. The normalized spacial score (nSPS) is 15.0. The molecule has 0 spiro atoms. The molecule has 0 saturated carbocycles. The number of hydrogen-bond acceptors (Lipinski definition) is 3. The van der Waals surface area contributed by atoms with Crippen molar-refractivity contribution >= 4 is 23.5 Å². The van der Waals surface area contributed by atoms with E-state index in [0.29, 0.717) is 17.3 Å². The molecule has 0 aliphatic carbocycles. The lowest BCUT2D eigenvalue weighted by Crippen LogP contribution is -2.32. The number of aliphatic imine (C=N–C) groups is 1. The van der Waals surface area contributed by atoms with Crippen molar-refractivity contribution in [3.63, 3.8) is 0 Å². The van der Waals surface area contributed by atoms with Crippen molar-refractivity contribution in [1.82, 2.24) is 0 Å². The fourth-order valence-electron chi connectivity index (χ4n) is 3.28. The molecule has 4 rings (SSSR count). The number of ether oxygens (including phenoxy) is 1. The van der Waals surface area contributed by atoms with Crippen LogP contribution in [0.4, 0.5) is 5.69 Å². The van der Waals surface area contributed by atoms with Gasteiger partial charge in [0.15, 0.2) is 0 Å². The largest absolute Gasteiger partial charge is 0.496 e. The van der Waals surface area contributed by atoms with Gasteiger partial charge in [0.1, 0.15) is 17.3 Å². The molecule has 0 unspecified atom stereocenters. The number of carbonyl (C=O) groups excluding carboxylic acids is 1. The quantitative estimate of drug-likeness (QED) is 0.586. The average Bonchev–Trinajstić information content (AvgIpc) is 3.06. The summed E-state index contributed by atoms with van der Waals surface area (Å²) < 4.78 is 5.42. The molecule has 1 amide bonds. The summed E-state index contributed by atoms with van der Waals surface area (Å²) in [7, 11) is 1.62. The van der Waals surface area contributed by atoms with Crippen molar-refractivity contribution in [2.75, 3.05) is 12.0 Å². The zero-order valence-corrected chi connectivity index (χ0v) is 16.7. The summed E-state index contributed by atoms with van der Waals surface area (Å²) in [6.45, 7) is 4.06. The standard InChI is InChI=1S/C25H22N2O2/c1-17-8-12-19(13-9-17)24-26-22(16-20-6-4-5-7-23(20)29-3)25(28)27(24)21-14-10-18(2)11-15-21/h4-16H,1-3H3/b22-16+. The molecule has 29 heavy (non-hydrogen) atoms. The molecular weight excluding hydrogens is 360 g/mol. The predicted molar refractivity (Wildman–Crippen MR) is 117 cm³/mol. The van der Waals surface area contributed by atoms with E-state index >= 15 is 0 Å². The lowest BCUT2D eigenvalue weighted by Gasteiger charge is -2.19. The third kappa shape index (κ3) is 3.69. The number of para-hydroxylation sites is 1. The Morgan fingerprint density at radius 3 is 2.14 bits per heavy atom. The van der Waals surface area contributed by atoms with Gasteiger partial charge in [0.05, 0.1) is 12.8 Å². The lowest BCUT2D eigenvalue weighted by atomic mass is 10.1. The average molecular weight is 382 g/mol. The highest BCUT2D eigenvalue weighted by Crippen LogP contribution is 2.30. The first-order valence-electron chi connectivity index (χ1n) is 9.48. The van der Waals surface area contributed by atoms with Gasteiger partial charge in [-0.15, -0.1) is 0 Å². The predicted octanol–water partition coefficient (Wildman–Crippen LogP) is 5.15. The first-order valence-corrected chi connectivity index (χ1v) is 9.48. The van der Waals surface area contributed by atoms with Crippen molar-refractivity contribution in [1.29, 1.82) is 0 Å². The van der Waals surface area contributed by atoms with Gasteiger partial charge in [-0.2, -0.15) is 0 Å². The molecule has 1 heterocycles. The number of nitrogens with zero attached hydrogens (tertiary/aromatic N) is 2. The Kier molecular flexibility index (Phi) is 5.00. The van der Waals surface area contributed by atoms with Crippen LogP contribution in [-0.2, 0) is 4.79 Å². The second-order valence-corrected chi connectivity index (χ2v) is 7.05. The first kappa shape index (κ1) is 18.7. The summed E-state index contributed by atoms with van der Waals surface area (Å²) in [4.78, 5) is 19.7. The van der Waals surface area contributed by atoms with E-state index in [1.54, 1.807) is 18.1 Å². The summed E-state index contributed by atoms with van der Waals surface area (Å²) >= 11 is 0. The Morgan fingerprint density at radius 2 is 1.48 bits per heavy atom. The maximum atomic E-state index is 13.3. The molecule has 4 nitrogen and oxygen atoms in total. The van der Waals surface area contributed by atoms with E-state index in [4.69, 9.17) is 9.73 Å². The maximum absolute atomic E-state index is 13.3. The Labute approximate surface area is 170 Å². The van der Waals surface area contributed by atoms with Crippen molar-refractivity contribution in [2.24, 2.45) is 4.99 Å². The topological polar surface area (TPSA) is 41.9 Å². The van der Waals surface area contributed by atoms with Crippen LogP contribution in [0, 0.1) is 13.8 Å². The number of methoxy groups -OCH3 is 1. The van der Waals surface area contributed by atoms with Gasteiger partial charge in [-0.05, 0) is 38.1 Å². The summed E-state index contributed by atoms with van der Waals surface area (Å²) in [5, 5.41) is 0. The highest BCUT2D eigenvalue weighted by molar-refractivity contribution is 6.33. The van der Waals surface area contributed by atoms with E-state index in [9.17, 15) is 4.79 Å². The molecule has 0 N–H and O–H groups in total. The number of anilines is 1. The van der Waals surface area contributed by atoms with Crippen LogP contribution in [0.25, 0.3) is 6.08 Å². The molecule has 0 atom stereocenters. The molecule has 0 aromatic heterocycles. The lowest BCUT2D eigenvalue weighted by molar-refractivity contribution is -0.113. The highest BCUT2D eigenvalue weighted by Gasteiger charge is 2.32. The van der Waals surface area contributed by atoms with Crippen LogP contribution in [0.5, 0.6) is 5.75 Å². The minimum atomic E-state index is -0.157. The molecule has 144 valence electrons. The van der Waals surface area contributed by atoms with Crippen LogP contribution in [0.15, 0.2) is 83.5 Å². The summed E-state index contributed by atoms with van der Waals surface area (Å²) in [5.74, 6) is 1.17. The molecular formula is C25H22N2O2. The molecule has 4 heteroatoms. The molecule has 1 aliphatic rings. The number of amides is 1. The number of benzene rings is 3. The molecule has 0 bridgehead atoms. The van der Waals surface area contributed by atoms with E-state index < -0.39 is 0 Å². The third-order valence-corrected chi connectivity index (χ3v) is 4.89. The van der Waals surface area contributed by atoms with Gasteiger partial charge >= 0.3 is 0 Å². The second-order valence-electron chi connectivity index (χ2n) is 7.05. The van der Waals surface area contributed by atoms with Crippen LogP contribution in [0.3, 0.4) is 0 Å². The molecule has 0 radical (unpaired) electrons. The number of rotatable bonds is 4. The molecule has 0 saturated heterocycles. The fourth-order valence-corrected chi connectivity index (χ4v) is 3.28. The second kappa shape index (κ2) is 7.76. The van der Waals surface area contributed by atoms with Crippen LogP contribution >= 0.6 is 0 Å². The van der Waals surface area contributed by atoms with Crippen molar-refractivity contribution < 1.29 is 9.53 Å². The van der Waals surface area contributed by atoms with Crippen molar-refractivity contribution in [2.45, 2.75) is 13.8 Å². The van der Waals surface area contributed by atoms with Gasteiger partial charge in [-0.1, -0.05) is 65.7 Å². The van der Waals surface area contributed by atoms with Crippen LogP contribution in [-0.4, -0.2) is 18.9 Å². The van der Waals surface area contributed by atoms with Gasteiger partial charge < -0.3 is 4.74 Å². The highest BCUT2D eigenvalue weighted by atomic mass is 16.5. The first-order chi connectivity index (χ1) is 14.1. The van der Waals surface area contributed by atoms with Gasteiger partial charge in [0.25, 0.3) is 5.91 Å². The van der Waals surface area contributed by atoms with Gasteiger partial charge in [0.2, 0.25) is 0 Å². The number of aryl methyl sites for hydroxylation is 2. The maximum Gasteiger partial charge on any atom is 0.282 e. The molecule has 1 aliphatic heterocycles. The van der Waals surface area contributed by atoms with E-state index in [0.717, 1.165) is 27.9 Å². The Morgan fingerprint density at radius 1 is 0.862 bits per heavy atom. The fraction of sp³-hybridized carbons (Fsp3) is 0.120. The van der Waals surface area contributed by atoms with Crippen LogP contribution in [0.1, 0.15) is 22.3 Å². The van der Waals surface area contributed by atoms with E-state index in [1.165, 1.54) is 0 Å².